The van der Waals surface area contributed by atoms with Crippen LogP contribution >= 0.6 is 0 Å². The molecule has 0 aliphatic carbocycles. The lowest BCUT2D eigenvalue weighted by molar-refractivity contribution is 0.134. The molecule has 1 aromatic carbocycles. The highest BCUT2D eigenvalue weighted by Crippen LogP contribution is 2.13. The third-order valence-electron chi connectivity index (χ3n) is 2.36. The quantitative estimate of drug-likeness (QED) is 0.760. The molecule has 0 heterocycles. The lowest BCUT2D eigenvalue weighted by Gasteiger charge is -2.10. The predicted molar refractivity (Wildman–Crippen MR) is 57.2 cm³/mol. The van der Waals surface area contributed by atoms with E-state index in [9.17, 15) is 13.9 Å². The van der Waals surface area contributed by atoms with Crippen molar-refractivity contribution in [1.29, 1.82) is 0 Å². The summed E-state index contributed by atoms with van der Waals surface area (Å²) in [5.74, 6) is -1.21. The van der Waals surface area contributed by atoms with Crippen LogP contribution in [0.25, 0.3) is 0 Å². The van der Waals surface area contributed by atoms with Gasteiger partial charge < -0.3 is 9.84 Å². The van der Waals surface area contributed by atoms with Crippen molar-refractivity contribution in [1.82, 2.24) is 0 Å². The Balaban J connectivity index is 2.46. The zero-order valence-electron chi connectivity index (χ0n) is 9.25. The third kappa shape index (κ3) is 4.24. The lowest BCUT2D eigenvalue weighted by atomic mass is 10.0. The minimum atomic E-state index is -0.616. The summed E-state index contributed by atoms with van der Waals surface area (Å²) in [4.78, 5) is 0. The van der Waals surface area contributed by atoms with Gasteiger partial charge in [-0.05, 0) is 24.5 Å². The van der Waals surface area contributed by atoms with Crippen molar-refractivity contribution in [3.8, 4) is 0 Å². The molecule has 0 aromatic heterocycles. The van der Waals surface area contributed by atoms with E-state index in [1.165, 1.54) is 12.1 Å². The van der Waals surface area contributed by atoms with Crippen LogP contribution in [0.5, 0.6) is 0 Å². The second-order valence-electron chi connectivity index (χ2n) is 3.73. The van der Waals surface area contributed by atoms with E-state index in [1.807, 2.05) is 0 Å². The molecule has 0 aliphatic rings. The highest BCUT2D eigenvalue weighted by molar-refractivity contribution is 5.19. The zero-order chi connectivity index (χ0) is 12.0. The molecular weight excluding hydrogens is 214 g/mol. The molecule has 1 aromatic rings. The van der Waals surface area contributed by atoms with E-state index >= 15 is 0 Å². The van der Waals surface area contributed by atoms with E-state index in [-0.39, 0.29) is 6.42 Å². The maximum absolute atomic E-state index is 13.2. The van der Waals surface area contributed by atoms with Gasteiger partial charge in [0.25, 0.3) is 0 Å². The van der Waals surface area contributed by atoms with Gasteiger partial charge in [-0.3, -0.25) is 0 Å². The second-order valence-corrected chi connectivity index (χ2v) is 3.73. The van der Waals surface area contributed by atoms with E-state index in [2.05, 4.69) is 0 Å². The molecule has 1 N–H and O–H groups in total. The van der Waals surface area contributed by atoms with Gasteiger partial charge in [-0.25, -0.2) is 8.78 Å². The number of hydrogen-bond acceptors (Lipinski definition) is 2. The van der Waals surface area contributed by atoms with Crippen LogP contribution in [-0.2, 0) is 11.2 Å². The molecule has 1 unspecified atom stereocenters. The Hall–Kier alpha value is -1.00. The third-order valence-corrected chi connectivity index (χ3v) is 2.36. The summed E-state index contributed by atoms with van der Waals surface area (Å²) in [5, 5.41) is 9.61. The molecule has 1 rings (SSSR count). The van der Waals surface area contributed by atoms with Crippen LogP contribution < -0.4 is 0 Å². The summed E-state index contributed by atoms with van der Waals surface area (Å²) in [6.07, 6.45) is 0.858. The minimum absolute atomic E-state index is 0.204. The fraction of sp³-hybridized carbons (Fsp3) is 0.500. The van der Waals surface area contributed by atoms with Crippen molar-refractivity contribution in [2.45, 2.75) is 25.4 Å². The van der Waals surface area contributed by atoms with Gasteiger partial charge in [-0.1, -0.05) is 6.07 Å². The van der Waals surface area contributed by atoms with Gasteiger partial charge in [-0.15, -0.1) is 0 Å². The van der Waals surface area contributed by atoms with E-state index in [4.69, 9.17) is 4.74 Å². The topological polar surface area (TPSA) is 29.5 Å². The molecular formula is C12H16F2O2. The molecule has 0 bridgehead atoms. The monoisotopic (exact) mass is 230 g/mol. The van der Waals surface area contributed by atoms with Gasteiger partial charge in [0.1, 0.15) is 11.6 Å². The van der Waals surface area contributed by atoms with E-state index in [1.54, 1.807) is 7.11 Å². The summed E-state index contributed by atoms with van der Waals surface area (Å²) < 4.78 is 30.7. The average molecular weight is 230 g/mol. The number of aliphatic hydroxyl groups is 1. The SMILES string of the molecule is COCCCC(O)Cc1ccc(F)cc1F. The molecule has 4 heteroatoms. The van der Waals surface area contributed by atoms with E-state index < -0.39 is 17.7 Å². The normalized spacial score (nSPS) is 12.8. The van der Waals surface area contributed by atoms with Crippen molar-refractivity contribution in [2.24, 2.45) is 0 Å². The van der Waals surface area contributed by atoms with Crippen molar-refractivity contribution in [3.05, 3.63) is 35.4 Å². The van der Waals surface area contributed by atoms with Gasteiger partial charge in [0.15, 0.2) is 0 Å². The Morgan fingerprint density at radius 3 is 2.75 bits per heavy atom. The Kier molecular flexibility index (Phi) is 5.35. The molecule has 0 amide bonds. The first-order valence-electron chi connectivity index (χ1n) is 5.24. The van der Waals surface area contributed by atoms with Crippen molar-refractivity contribution in [2.75, 3.05) is 13.7 Å². The molecule has 0 spiro atoms. The Labute approximate surface area is 93.9 Å². The largest absolute Gasteiger partial charge is 0.393 e. The van der Waals surface area contributed by atoms with Crippen LogP contribution in [0, 0.1) is 11.6 Å². The van der Waals surface area contributed by atoms with Crippen LogP contribution in [0.4, 0.5) is 8.78 Å². The standard InChI is InChI=1S/C12H16F2O2/c1-16-6-2-3-11(15)7-9-4-5-10(13)8-12(9)14/h4-5,8,11,15H,2-3,6-7H2,1H3. The number of ether oxygens (including phenoxy) is 1. The molecule has 90 valence electrons. The van der Waals surface area contributed by atoms with Crippen LogP contribution in [0.3, 0.4) is 0 Å². The van der Waals surface area contributed by atoms with Crippen LogP contribution in [0.1, 0.15) is 18.4 Å². The van der Waals surface area contributed by atoms with Gasteiger partial charge in [0, 0.05) is 26.2 Å². The Bertz CT molecular complexity index is 329. The van der Waals surface area contributed by atoms with Crippen LogP contribution in [0.2, 0.25) is 0 Å². The van der Waals surface area contributed by atoms with Gasteiger partial charge in [-0.2, -0.15) is 0 Å². The second kappa shape index (κ2) is 6.55. The maximum Gasteiger partial charge on any atom is 0.129 e. The Morgan fingerprint density at radius 1 is 1.38 bits per heavy atom. The molecule has 16 heavy (non-hydrogen) atoms. The van der Waals surface area contributed by atoms with Crippen LogP contribution in [0.15, 0.2) is 18.2 Å². The maximum atomic E-state index is 13.2. The van der Waals surface area contributed by atoms with Crippen molar-refractivity contribution >= 4 is 0 Å². The summed E-state index contributed by atoms with van der Waals surface area (Å²) in [7, 11) is 1.59. The molecule has 0 radical (unpaired) electrons. The number of hydrogen-bond donors (Lipinski definition) is 1. The summed E-state index contributed by atoms with van der Waals surface area (Å²) in [6, 6.07) is 3.39. The number of halogens is 2. The number of benzene rings is 1. The molecule has 0 saturated carbocycles. The zero-order valence-corrected chi connectivity index (χ0v) is 9.25. The first-order chi connectivity index (χ1) is 7.63. The molecule has 0 aliphatic heterocycles. The lowest BCUT2D eigenvalue weighted by Crippen LogP contribution is -2.12. The van der Waals surface area contributed by atoms with Crippen molar-refractivity contribution in [3.63, 3.8) is 0 Å². The minimum Gasteiger partial charge on any atom is -0.393 e. The number of methoxy groups -OCH3 is 1. The van der Waals surface area contributed by atoms with E-state index in [0.29, 0.717) is 18.6 Å². The highest BCUT2D eigenvalue weighted by atomic mass is 19.1. The van der Waals surface area contributed by atoms with Crippen LogP contribution in [-0.4, -0.2) is 24.9 Å². The molecule has 0 fully saturated rings. The first kappa shape index (κ1) is 13.1. The average Bonchev–Trinajstić information content (AvgIpc) is 2.23. The summed E-state index contributed by atoms with van der Waals surface area (Å²) >= 11 is 0. The molecule has 0 saturated heterocycles. The highest BCUT2D eigenvalue weighted by Gasteiger charge is 2.09. The fourth-order valence-corrected chi connectivity index (χ4v) is 1.51. The molecule has 2 nitrogen and oxygen atoms in total. The van der Waals surface area contributed by atoms with Gasteiger partial charge >= 0.3 is 0 Å². The smallest absolute Gasteiger partial charge is 0.129 e. The van der Waals surface area contributed by atoms with Gasteiger partial charge in [0.2, 0.25) is 0 Å². The van der Waals surface area contributed by atoms with Gasteiger partial charge in [0.05, 0.1) is 6.10 Å². The summed E-state index contributed by atoms with van der Waals surface area (Å²) in [6.45, 7) is 0.572. The Morgan fingerprint density at radius 2 is 2.12 bits per heavy atom. The van der Waals surface area contributed by atoms with Crippen molar-refractivity contribution < 1.29 is 18.6 Å². The predicted octanol–water partition coefficient (Wildman–Crippen LogP) is 2.29. The summed E-state index contributed by atoms with van der Waals surface area (Å²) in [5.41, 5.74) is 0.339. The fourth-order valence-electron chi connectivity index (χ4n) is 1.51. The first-order valence-corrected chi connectivity index (χ1v) is 5.24. The molecule has 1 atom stereocenters. The number of rotatable bonds is 6. The number of aliphatic hydroxyl groups excluding tert-OH is 1. The van der Waals surface area contributed by atoms with E-state index in [0.717, 1.165) is 12.5 Å².